The minimum Gasteiger partial charge on any atom is -0.486 e. The molecule has 1 amide bonds. The van der Waals surface area contributed by atoms with E-state index in [4.69, 9.17) is 14.9 Å². The van der Waals surface area contributed by atoms with Gasteiger partial charge < -0.3 is 25.5 Å². The number of benzene rings is 1. The van der Waals surface area contributed by atoms with Crippen LogP contribution in [0.1, 0.15) is 36.6 Å². The third-order valence-electron chi connectivity index (χ3n) is 3.72. The number of amides is 1. The van der Waals surface area contributed by atoms with Gasteiger partial charge in [-0.2, -0.15) is 0 Å². The fourth-order valence-corrected chi connectivity index (χ4v) is 2.29. The molecule has 27 heavy (non-hydrogen) atoms. The van der Waals surface area contributed by atoms with Crippen molar-refractivity contribution in [1.29, 1.82) is 0 Å². The fourth-order valence-electron chi connectivity index (χ4n) is 2.29. The lowest BCUT2D eigenvalue weighted by atomic mass is 10.2. The average Bonchev–Trinajstić information content (AvgIpc) is 3.13. The SMILES string of the molecule is CCNC(=NCc1ccc(C(N)=O)o1)NCC(CC)Oc1ccccc1F. The Balaban J connectivity index is 1.94. The standard InChI is InChI=1S/C19H25FN4O3/c1-3-13(26-16-8-6-5-7-15(16)20)11-23-19(22-4-2)24-12-14-9-10-17(27-14)18(21)25/h5-10,13H,3-4,11-12H2,1-2H3,(H2,21,25)(H2,22,23,24). The predicted octanol–water partition coefficient (Wildman–Crippen LogP) is 2.43. The number of ether oxygens (including phenoxy) is 1. The van der Waals surface area contributed by atoms with Crippen LogP contribution in [0, 0.1) is 5.82 Å². The summed E-state index contributed by atoms with van der Waals surface area (Å²) in [4.78, 5) is 15.5. The molecule has 0 saturated carbocycles. The van der Waals surface area contributed by atoms with E-state index < -0.39 is 5.91 Å². The second-order valence-corrected chi connectivity index (χ2v) is 5.78. The van der Waals surface area contributed by atoms with Gasteiger partial charge in [-0.15, -0.1) is 0 Å². The quantitative estimate of drug-likeness (QED) is 0.461. The molecule has 1 aromatic heterocycles. The van der Waals surface area contributed by atoms with Crippen LogP contribution in [0.5, 0.6) is 5.75 Å². The normalized spacial score (nSPS) is 12.5. The summed E-state index contributed by atoms with van der Waals surface area (Å²) in [7, 11) is 0. The average molecular weight is 376 g/mol. The van der Waals surface area contributed by atoms with E-state index in [1.807, 2.05) is 13.8 Å². The third-order valence-corrected chi connectivity index (χ3v) is 3.72. The molecule has 0 saturated heterocycles. The van der Waals surface area contributed by atoms with Crippen molar-refractivity contribution in [3.05, 3.63) is 53.7 Å². The number of carbonyl (C=O) groups excluding carboxylic acids is 1. The van der Waals surface area contributed by atoms with Crippen molar-refractivity contribution < 1.29 is 18.3 Å². The lowest BCUT2D eigenvalue weighted by Gasteiger charge is -2.20. The van der Waals surface area contributed by atoms with Gasteiger partial charge in [0, 0.05) is 6.54 Å². The Hall–Kier alpha value is -3.03. The highest BCUT2D eigenvalue weighted by atomic mass is 19.1. The molecule has 2 rings (SSSR count). The van der Waals surface area contributed by atoms with Gasteiger partial charge in [-0.25, -0.2) is 9.38 Å². The number of para-hydroxylation sites is 1. The molecule has 146 valence electrons. The summed E-state index contributed by atoms with van der Waals surface area (Å²) >= 11 is 0. The molecule has 0 aliphatic rings. The Labute approximate surface area is 157 Å². The van der Waals surface area contributed by atoms with Crippen molar-refractivity contribution in [2.24, 2.45) is 10.7 Å². The topological polar surface area (TPSA) is 102 Å². The number of hydrogen-bond acceptors (Lipinski definition) is 4. The number of nitrogens with two attached hydrogens (primary N) is 1. The monoisotopic (exact) mass is 376 g/mol. The van der Waals surface area contributed by atoms with Crippen LogP contribution in [0.4, 0.5) is 4.39 Å². The minimum absolute atomic E-state index is 0.0995. The van der Waals surface area contributed by atoms with E-state index in [-0.39, 0.29) is 30.0 Å². The van der Waals surface area contributed by atoms with Crippen LogP contribution >= 0.6 is 0 Å². The van der Waals surface area contributed by atoms with E-state index in [0.717, 1.165) is 0 Å². The number of nitrogens with one attached hydrogen (secondary N) is 2. The maximum atomic E-state index is 13.7. The van der Waals surface area contributed by atoms with E-state index in [9.17, 15) is 9.18 Å². The number of hydrogen-bond donors (Lipinski definition) is 3. The third kappa shape index (κ3) is 6.32. The largest absolute Gasteiger partial charge is 0.486 e. The molecular weight excluding hydrogens is 351 g/mol. The minimum atomic E-state index is -0.619. The van der Waals surface area contributed by atoms with E-state index in [2.05, 4.69) is 15.6 Å². The van der Waals surface area contributed by atoms with Gasteiger partial charge in [0.05, 0.1) is 6.54 Å². The Morgan fingerprint density at radius 1 is 1.26 bits per heavy atom. The summed E-state index contributed by atoms with van der Waals surface area (Å²) < 4.78 is 24.8. The molecule has 1 heterocycles. The van der Waals surface area contributed by atoms with Gasteiger partial charge in [-0.3, -0.25) is 4.79 Å². The van der Waals surface area contributed by atoms with Gasteiger partial charge in [-0.1, -0.05) is 19.1 Å². The van der Waals surface area contributed by atoms with Crippen molar-refractivity contribution in [2.45, 2.75) is 32.9 Å². The Morgan fingerprint density at radius 2 is 2.04 bits per heavy atom. The molecule has 7 nitrogen and oxygen atoms in total. The summed E-state index contributed by atoms with van der Waals surface area (Å²) in [6.07, 6.45) is 0.469. The van der Waals surface area contributed by atoms with E-state index in [1.54, 1.807) is 24.3 Å². The highest BCUT2D eigenvalue weighted by Crippen LogP contribution is 2.17. The van der Waals surface area contributed by atoms with Crippen LogP contribution in [0.3, 0.4) is 0 Å². The highest BCUT2D eigenvalue weighted by molar-refractivity contribution is 5.89. The van der Waals surface area contributed by atoms with Gasteiger partial charge >= 0.3 is 0 Å². The van der Waals surface area contributed by atoms with E-state index in [0.29, 0.717) is 31.2 Å². The molecule has 0 fully saturated rings. The molecule has 0 aliphatic carbocycles. The van der Waals surface area contributed by atoms with Crippen LogP contribution < -0.4 is 21.1 Å². The Morgan fingerprint density at radius 3 is 2.67 bits per heavy atom. The number of nitrogens with zero attached hydrogens (tertiary/aromatic N) is 1. The molecule has 4 N–H and O–H groups in total. The van der Waals surface area contributed by atoms with Gasteiger partial charge in [0.15, 0.2) is 23.3 Å². The highest BCUT2D eigenvalue weighted by Gasteiger charge is 2.12. The number of halogens is 1. The molecule has 8 heteroatoms. The number of aliphatic imine (C=N–C) groups is 1. The Kier molecular flexibility index (Phi) is 7.66. The van der Waals surface area contributed by atoms with Gasteiger partial charge in [0.2, 0.25) is 0 Å². The van der Waals surface area contributed by atoms with E-state index >= 15 is 0 Å². The number of rotatable bonds is 9. The molecule has 2 aromatic rings. The van der Waals surface area contributed by atoms with E-state index in [1.165, 1.54) is 12.1 Å². The lowest BCUT2D eigenvalue weighted by Crippen LogP contribution is -2.42. The molecule has 0 spiro atoms. The molecule has 1 unspecified atom stereocenters. The number of guanidine groups is 1. The first-order valence-corrected chi connectivity index (χ1v) is 8.85. The molecular formula is C19H25FN4O3. The molecule has 0 bridgehead atoms. The van der Waals surface area contributed by atoms with Crippen LogP contribution in [0.2, 0.25) is 0 Å². The van der Waals surface area contributed by atoms with Crippen molar-refractivity contribution in [3.63, 3.8) is 0 Å². The smallest absolute Gasteiger partial charge is 0.284 e. The fraction of sp³-hybridized carbons (Fsp3) is 0.368. The number of carbonyl (C=O) groups is 1. The first kappa shape index (κ1) is 20.3. The van der Waals surface area contributed by atoms with Crippen molar-refractivity contribution >= 4 is 11.9 Å². The summed E-state index contributed by atoms with van der Waals surface area (Å²) in [5.41, 5.74) is 5.17. The van der Waals surface area contributed by atoms with Crippen LogP contribution in [-0.2, 0) is 6.54 Å². The molecule has 0 radical (unpaired) electrons. The lowest BCUT2D eigenvalue weighted by molar-refractivity contribution is 0.0972. The first-order valence-electron chi connectivity index (χ1n) is 8.85. The zero-order chi connectivity index (χ0) is 19.6. The summed E-state index contributed by atoms with van der Waals surface area (Å²) in [6, 6.07) is 9.49. The number of furan rings is 1. The van der Waals surface area contributed by atoms with Crippen molar-refractivity contribution in [2.75, 3.05) is 13.1 Å². The van der Waals surface area contributed by atoms with Gasteiger partial charge in [-0.05, 0) is 37.6 Å². The summed E-state index contributed by atoms with van der Waals surface area (Å²) in [5.74, 6) is 0.400. The maximum Gasteiger partial charge on any atom is 0.284 e. The van der Waals surface area contributed by atoms with Gasteiger partial charge in [0.25, 0.3) is 5.91 Å². The Bertz CT molecular complexity index is 776. The molecule has 0 aliphatic heterocycles. The first-order chi connectivity index (χ1) is 13.0. The van der Waals surface area contributed by atoms with Crippen LogP contribution in [0.25, 0.3) is 0 Å². The zero-order valence-corrected chi connectivity index (χ0v) is 15.5. The summed E-state index contributed by atoms with van der Waals surface area (Å²) in [6.45, 7) is 5.27. The van der Waals surface area contributed by atoms with Gasteiger partial charge in [0.1, 0.15) is 18.4 Å². The predicted molar refractivity (Wildman–Crippen MR) is 101 cm³/mol. The number of primary amides is 1. The van der Waals surface area contributed by atoms with Crippen molar-refractivity contribution in [1.82, 2.24) is 10.6 Å². The zero-order valence-electron chi connectivity index (χ0n) is 15.5. The van der Waals surface area contributed by atoms with Crippen LogP contribution in [-0.4, -0.2) is 31.1 Å². The maximum absolute atomic E-state index is 13.7. The summed E-state index contributed by atoms with van der Waals surface area (Å²) in [5, 5.41) is 6.28. The second kappa shape index (κ2) is 10.2. The van der Waals surface area contributed by atoms with Crippen molar-refractivity contribution in [3.8, 4) is 5.75 Å². The molecule has 1 atom stereocenters. The molecule has 1 aromatic carbocycles. The van der Waals surface area contributed by atoms with Crippen LogP contribution in [0.15, 0.2) is 45.8 Å². The second-order valence-electron chi connectivity index (χ2n) is 5.78.